The van der Waals surface area contributed by atoms with E-state index in [4.69, 9.17) is 10.3 Å². The molecular weight excluding hydrogens is 194 g/mol. The summed E-state index contributed by atoms with van der Waals surface area (Å²) < 4.78 is 5.39. The largest absolute Gasteiger partial charge is 0.389 e. The van der Waals surface area contributed by atoms with Crippen LogP contribution in [-0.2, 0) is 4.74 Å². The van der Waals surface area contributed by atoms with E-state index in [9.17, 15) is 5.11 Å². The molecule has 0 bridgehead atoms. The highest BCUT2D eigenvalue weighted by atomic mass is 16.5. The van der Waals surface area contributed by atoms with E-state index in [2.05, 4.69) is 16.9 Å². The third-order valence-corrected chi connectivity index (χ3v) is 2.41. The average Bonchev–Trinajstić information content (AvgIpc) is 2.55. The van der Waals surface area contributed by atoms with Crippen molar-refractivity contribution >= 4 is 0 Å². The number of rotatable bonds is 6. The van der Waals surface area contributed by atoms with E-state index in [0.29, 0.717) is 19.6 Å². The van der Waals surface area contributed by atoms with Crippen molar-refractivity contribution in [3.63, 3.8) is 0 Å². The van der Waals surface area contributed by atoms with E-state index in [1.54, 1.807) is 6.08 Å². The Morgan fingerprint density at radius 3 is 3.20 bits per heavy atom. The summed E-state index contributed by atoms with van der Waals surface area (Å²) in [5, 5.41) is 13.2. The van der Waals surface area contributed by atoms with Crippen LogP contribution in [0.2, 0.25) is 0 Å². The summed E-state index contributed by atoms with van der Waals surface area (Å²) in [6.07, 6.45) is 3.90. The minimum absolute atomic E-state index is 0.213. The Hall–Kier alpha value is -1.03. The van der Waals surface area contributed by atoms with Crippen LogP contribution in [0.4, 0.5) is 0 Å². The van der Waals surface area contributed by atoms with Crippen molar-refractivity contribution in [3.05, 3.63) is 22.1 Å². The molecule has 2 atom stereocenters. The number of hydrogen-bond donors (Lipinski definition) is 1. The van der Waals surface area contributed by atoms with Gasteiger partial charge in [-0.2, -0.15) is 0 Å². The first kappa shape index (κ1) is 12.0. The second-order valence-electron chi connectivity index (χ2n) is 3.67. The van der Waals surface area contributed by atoms with Crippen molar-refractivity contribution in [1.82, 2.24) is 0 Å². The SMILES string of the molecule is CCCCOCC1=C[C@@H](N=[N+]=[N-])C[C@@H]1O. The summed E-state index contributed by atoms with van der Waals surface area (Å²) >= 11 is 0. The molecule has 84 valence electrons. The number of hydrogen-bond acceptors (Lipinski definition) is 3. The van der Waals surface area contributed by atoms with E-state index in [0.717, 1.165) is 18.4 Å². The molecule has 0 radical (unpaired) electrons. The summed E-state index contributed by atoms with van der Waals surface area (Å²) in [5.41, 5.74) is 9.10. The van der Waals surface area contributed by atoms with Gasteiger partial charge < -0.3 is 9.84 Å². The first-order valence-electron chi connectivity index (χ1n) is 5.28. The average molecular weight is 211 g/mol. The van der Waals surface area contributed by atoms with Crippen molar-refractivity contribution in [1.29, 1.82) is 0 Å². The monoisotopic (exact) mass is 211 g/mol. The van der Waals surface area contributed by atoms with Crippen LogP contribution >= 0.6 is 0 Å². The Balaban J connectivity index is 2.33. The summed E-state index contributed by atoms with van der Waals surface area (Å²) in [7, 11) is 0. The van der Waals surface area contributed by atoms with Crippen molar-refractivity contribution in [3.8, 4) is 0 Å². The molecule has 0 aromatic rings. The topological polar surface area (TPSA) is 78.2 Å². The lowest BCUT2D eigenvalue weighted by Crippen LogP contribution is -2.11. The van der Waals surface area contributed by atoms with Gasteiger partial charge in [0.25, 0.3) is 0 Å². The lowest BCUT2D eigenvalue weighted by Gasteiger charge is -2.08. The molecule has 1 N–H and O–H groups in total. The maximum absolute atomic E-state index is 9.61. The molecule has 1 aliphatic carbocycles. The normalized spacial score (nSPS) is 24.8. The van der Waals surface area contributed by atoms with Gasteiger partial charge in [-0.25, -0.2) is 0 Å². The predicted octanol–water partition coefficient (Wildman–Crippen LogP) is 2.17. The summed E-state index contributed by atoms with van der Waals surface area (Å²) in [5.74, 6) is 0. The highest BCUT2D eigenvalue weighted by Crippen LogP contribution is 2.22. The van der Waals surface area contributed by atoms with Gasteiger partial charge in [-0.15, -0.1) is 0 Å². The fourth-order valence-electron chi connectivity index (χ4n) is 1.53. The van der Waals surface area contributed by atoms with E-state index < -0.39 is 6.10 Å². The van der Waals surface area contributed by atoms with Crippen molar-refractivity contribution < 1.29 is 9.84 Å². The van der Waals surface area contributed by atoms with Gasteiger partial charge in [-0.1, -0.05) is 24.5 Å². The zero-order chi connectivity index (χ0) is 11.1. The Morgan fingerprint density at radius 1 is 1.73 bits per heavy atom. The molecule has 0 saturated heterocycles. The van der Waals surface area contributed by atoms with Crippen LogP contribution in [-0.4, -0.2) is 30.5 Å². The highest BCUT2D eigenvalue weighted by Gasteiger charge is 2.23. The molecule has 1 aliphatic rings. The van der Waals surface area contributed by atoms with Gasteiger partial charge in [0.1, 0.15) is 0 Å². The highest BCUT2D eigenvalue weighted by molar-refractivity contribution is 5.20. The Morgan fingerprint density at radius 2 is 2.53 bits per heavy atom. The van der Waals surface area contributed by atoms with Crippen LogP contribution in [0.5, 0.6) is 0 Å². The third kappa shape index (κ3) is 3.91. The summed E-state index contributed by atoms with van der Waals surface area (Å²) in [6, 6.07) is -0.213. The number of azide groups is 1. The minimum Gasteiger partial charge on any atom is -0.389 e. The maximum atomic E-state index is 9.61. The van der Waals surface area contributed by atoms with Crippen LogP contribution in [0.15, 0.2) is 16.8 Å². The van der Waals surface area contributed by atoms with Gasteiger partial charge in [-0.3, -0.25) is 0 Å². The quantitative estimate of drug-likeness (QED) is 0.240. The zero-order valence-electron chi connectivity index (χ0n) is 8.96. The molecule has 5 heteroatoms. The molecule has 0 saturated carbocycles. The van der Waals surface area contributed by atoms with Crippen LogP contribution in [0.3, 0.4) is 0 Å². The number of nitrogens with zero attached hydrogens (tertiary/aromatic N) is 3. The van der Waals surface area contributed by atoms with E-state index in [-0.39, 0.29) is 6.04 Å². The number of ether oxygens (including phenoxy) is 1. The Bertz CT molecular complexity index is 272. The van der Waals surface area contributed by atoms with Crippen molar-refractivity contribution in [2.24, 2.45) is 5.11 Å². The van der Waals surface area contributed by atoms with Gasteiger partial charge in [0.05, 0.1) is 18.8 Å². The van der Waals surface area contributed by atoms with E-state index in [1.807, 2.05) is 0 Å². The number of aliphatic hydroxyl groups excluding tert-OH is 1. The molecule has 0 aromatic heterocycles. The number of aliphatic hydroxyl groups is 1. The molecule has 0 aliphatic heterocycles. The van der Waals surface area contributed by atoms with Gasteiger partial charge >= 0.3 is 0 Å². The van der Waals surface area contributed by atoms with Crippen LogP contribution in [0, 0.1) is 0 Å². The molecule has 0 heterocycles. The molecule has 1 rings (SSSR count). The second kappa shape index (κ2) is 6.45. The first-order chi connectivity index (χ1) is 7.27. The summed E-state index contributed by atoms with van der Waals surface area (Å²) in [4.78, 5) is 2.72. The molecule has 0 spiro atoms. The fraction of sp³-hybridized carbons (Fsp3) is 0.800. The second-order valence-corrected chi connectivity index (χ2v) is 3.67. The van der Waals surface area contributed by atoms with E-state index in [1.165, 1.54) is 0 Å². The van der Waals surface area contributed by atoms with Crippen LogP contribution < -0.4 is 0 Å². The maximum Gasteiger partial charge on any atom is 0.0779 e. The van der Waals surface area contributed by atoms with Gasteiger partial charge in [0.15, 0.2) is 0 Å². The number of unbranched alkanes of at least 4 members (excludes halogenated alkanes) is 1. The van der Waals surface area contributed by atoms with Crippen LogP contribution in [0.25, 0.3) is 10.4 Å². The first-order valence-corrected chi connectivity index (χ1v) is 5.28. The zero-order valence-corrected chi connectivity index (χ0v) is 8.96. The lowest BCUT2D eigenvalue weighted by atomic mass is 10.2. The molecule has 0 amide bonds. The minimum atomic E-state index is -0.512. The molecule has 0 fully saturated rings. The Labute approximate surface area is 89.4 Å². The van der Waals surface area contributed by atoms with Gasteiger partial charge in [0, 0.05) is 11.5 Å². The molecule has 15 heavy (non-hydrogen) atoms. The lowest BCUT2D eigenvalue weighted by molar-refractivity contribution is 0.126. The van der Waals surface area contributed by atoms with Gasteiger partial charge in [-0.05, 0) is 23.9 Å². The summed E-state index contributed by atoms with van der Waals surface area (Å²) in [6.45, 7) is 3.26. The van der Waals surface area contributed by atoms with Crippen LogP contribution in [0.1, 0.15) is 26.2 Å². The van der Waals surface area contributed by atoms with Crippen molar-refractivity contribution in [2.75, 3.05) is 13.2 Å². The van der Waals surface area contributed by atoms with Gasteiger partial charge in [0.2, 0.25) is 0 Å². The fourth-order valence-corrected chi connectivity index (χ4v) is 1.53. The standard InChI is InChI=1S/C10H17N3O2/c1-2-3-4-15-7-8-5-9(12-13-11)6-10(8)14/h5,9-10,14H,2-4,6-7H2,1H3/t9-,10+/m1/s1. The van der Waals surface area contributed by atoms with E-state index >= 15 is 0 Å². The Kier molecular flexibility index (Phi) is 5.18. The third-order valence-electron chi connectivity index (χ3n) is 2.41. The molecule has 0 unspecified atom stereocenters. The smallest absolute Gasteiger partial charge is 0.0779 e. The van der Waals surface area contributed by atoms with Crippen molar-refractivity contribution in [2.45, 2.75) is 38.3 Å². The molecular formula is C10H17N3O2. The predicted molar refractivity (Wildman–Crippen MR) is 57.4 cm³/mol. The molecule has 0 aromatic carbocycles. The molecule has 5 nitrogen and oxygen atoms in total.